The van der Waals surface area contributed by atoms with Crippen LogP contribution in [0.25, 0.3) is 5.69 Å². The average Bonchev–Trinajstić information content (AvgIpc) is 3.12. The largest absolute Gasteiger partial charge is 0.433 e. The summed E-state index contributed by atoms with van der Waals surface area (Å²) in [5, 5.41) is 16.8. The minimum absolute atomic E-state index is 0.143. The number of carbonyl (C=O) groups is 1. The number of amides is 1. The number of nitrogens with zero attached hydrogens (tertiary/aromatic N) is 3. The van der Waals surface area contributed by atoms with Crippen LogP contribution in [0, 0.1) is 10.1 Å². The Kier molecular flexibility index (Phi) is 4.63. The minimum atomic E-state index is -4.54. The fourth-order valence-electron chi connectivity index (χ4n) is 2.35. The summed E-state index contributed by atoms with van der Waals surface area (Å²) in [5.74, 6) is -0.507. The van der Waals surface area contributed by atoms with E-state index in [9.17, 15) is 28.1 Å². The van der Waals surface area contributed by atoms with E-state index in [-0.39, 0.29) is 16.9 Å². The summed E-state index contributed by atoms with van der Waals surface area (Å²) in [6, 6.07) is 11.5. The van der Waals surface area contributed by atoms with Crippen molar-refractivity contribution in [1.82, 2.24) is 9.78 Å². The Morgan fingerprint density at radius 3 is 2.22 bits per heavy atom. The van der Waals surface area contributed by atoms with E-state index in [0.29, 0.717) is 5.69 Å². The highest BCUT2D eigenvalue weighted by Gasteiger charge is 2.35. The molecule has 1 aromatic heterocycles. The van der Waals surface area contributed by atoms with Crippen molar-refractivity contribution in [3.63, 3.8) is 0 Å². The zero-order valence-electron chi connectivity index (χ0n) is 13.5. The van der Waals surface area contributed by atoms with Crippen molar-refractivity contribution < 1.29 is 22.9 Å². The van der Waals surface area contributed by atoms with Crippen LogP contribution in [0.15, 0.2) is 60.8 Å². The molecule has 0 fully saturated rings. The van der Waals surface area contributed by atoms with Crippen molar-refractivity contribution in [1.29, 1.82) is 0 Å². The van der Waals surface area contributed by atoms with E-state index in [0.717, 1.165) is 16.9 Å². The fraction of sp³-hybridized carbons (Fsp3) is 0.0588. The Bertz CT molecular complexity index is 980. The topological polar surface area (TPSA) is 90.1 Å². The number of nitro benzene ring substituents is 1. The van der Waals surface area contributed by atoms with Crippen LogP contribution in [0.2, 0.25) is 0 Å². The van der Waals surface area contributed by atoms with E-state index in [1.807, 2.05) is 0 Å². The molecule has 3 aromatic rings. The van der Waals surface area contributed by atoms with Crippen LogP contribution in [0.4, 0.5) is 24.5 Å². The highest BCUT2D eigenvalue weighted by molar-refractivity contribution is 6.04. The van der Waals surface area contributed by atoms with E-state index in [4.69, 9.17) is 0 Å². The molecular formula is C17H11F3N4O3. The van der Waals surface area contributed by atoms with Gasteiger partial charge in [0.05, 0.1) is 16.8 Å². The number of nitrogens with one attached hydrogen (secondary N) is 1. The summed E-state index contributed by atoms with van der Waals surface area (Å²) in [4.78, 5) is 22.2. The molecule has 1 amide bonds. The number of hydrogen-bond acceptors (Lipinski definition) is 4. The van der Waals surface area contributed by atoms with Crippen molar-refractivity contribution in [2.75, 3.05) is 5.32 Å². The van der Waals surface area contributed by atoms with Gasteiger partial charge in [-0.1, -0.05) is 0 Å². The van der Waals surface area contributed by atoms with E-state index in [2.05, 4.69) is 10.4 Å². The van der Waals surface area contributed by atoms with Gasteiger partial charge in [0.15, 0.2) is 0 Å². The first-order valence-corrected chi connectivity index (χ1v) is 7.53. The number of non-ortho nitro benzene ring substituents is 1. The number of anilines is 1. The lowest BCUT2D eigenvalue weighted by molar-refractivity contribution is -0.384. The zero-order chi connectivity index (χ0) is 19.6. The molecule has 138 valence electrons. The van der Waals surface area contributed by atoms with Crippen LogP contribution in [0.3, 0.4) is 0 Å². The van der Waals surface area contributed by atoms with Crippen LogP contribution in [-0.4, -0.2) is 20.6 Å². The predicted octanol–water partition coefficient (Wildman–Crippen LogP) is 4.05. The molecule has 0 radical (unpaired) electrons. The Labute approximate surface area is 150 Å². The lowest BCUT2D eigenvalue weighted by Crippen LogP contribution is -2.14. The van der Waals surface area contributed by atoms with Crippen molar-refractivity contribution in [2.24, 2.45) is 0 Å². The van der Waals surface area contributed by atoms with E-state index in [1.165, 1.54) is 48.5 Å². The minimum Gasteiger partial charge on any atom is -0.322 e. The molecule has 0 bridgehead atoms. The van der Waals surface area contributed by atoms with Gasteiger partial charge in [-0.05, 0) is 42.5 Å². The second kappa shape index (κ2) is 6.90. The molecule has 7 nitrogen and oxygen atoms in total. The summed E-state index contributed by atoms with van der Waals surface area (Å²) in [6.45, 7) is 0. The second-order valence-corrected chi connectivity index (χ2v) is 5.43. The average molecular weight is 376 g/mol. The third-order valence-corrected chi connectivity index (χ3v) is 3.64. The van der Waals surface area contributed by atoms with Gasteiger partial charge in [0.2, 0.25) is 0 Å². The molecule has 0 saturated heterocycles. The SMILES string of the molecule is O=C(Nc1ccc(-n2nccc2C(F)(F)F)cc1)c1ccc([N+](=O)[O-])cc1. The van der Waals surface area contributed by atoms with Gasteiger partial charge in [0.1, 0.15) is 5.69 Å². The van der Waals surface area contributed by atoms with Crippen LogP contribution in [0.1, 0.15) is 16.1 Å². The monoisotopic (exact) mass is 376 g/mol. The summed E-state index contributed by atoms with van der Waals surface area (Å²) in [5.41, 5.74) is -0.319. The van der Waals surface area contributed by atoms with Crippen LogP contribution < -0.4 is 5.32 Å². The maximum Gasteiger partial charge on any atom is 0.433 e. The number of rotatable bonds is 4. The maximum atomic E-state index is 12.9. The molecule has 3 rings (SSSR count). The quantitative estimate of drug-likeness (QED) is 0.549. The number of carbonyl (C=O) groups excluding carboxylic acids is 1. The summed E-state index contributed by atoms with van der Waals surface area (Å²) in [6.07, 6.45) is -3.49. The van der Waals surface area contributed by atoms with Crippen LogP contribution >= 0.6 is 0 Å². The second-order valence-electron chi connectivity index (χ2n) is 5.43. The lowest BCUT2D eigenvalue weighted by atomic mass is 10.2. The maximum absolute atomic E-state index is 12.9. The summed E-state index contributed by atoms with van der Waals surface area (Å²) < 4.78 is 39.5. The number of alkyl halides is 3. The van der Waals surface area contributed by atoms with Gasteiger partial charge < -0.3 is 5.32 Å². The third-order valence-electron chi connectivity index (χ3n) is 3.64. The van der Waals surface area contributed by atoms with Crippen molar-refractivity contribution >= 4 is 17.3 Å². The van der Waals surface area contributed by atoms with E-state index < -0.39 is 22.7 Å². The Hall–Kier alpha value is -3.69. The molecule has 10 heteroatoms. The van der Waals surface area contributed by atoms with Gasteiger partial charge in [-0.2, -0.15) is 18.3 Å². The van der Waals surface area contributed by atoms with Crippen molar-refractivity contribution in [2.45, 2.75) is 6.18 Å². The molecule has 0 saturated carbocycles. The Morgan fingerprint density at radius 1 is 1.04 bits per heavy atom. The van der Waals surface area contributed by atoms with Gasteiger partial charge in [-0.3, -0.25) is 14.9 Å². The predicted molar refractivity (Wildman–Crippen MR) is 89.6 cm³/mol. The first kappa shape index (κ1) is 18.1. The van der Waals surface area contributed by atoms with Crippen LogP contribution in [-0.2, 0) is 6.18 Å². The van der Waals surface area contributed by atoms with Gasteiger partial charge in [-0.25, -0.2) is 4.68 Å². The van der Waals surface area contributed by atoms with Crippen molar-refractivity contribution in [3.8, 4) is 5.69 Å². The van der Waals surface area contributed by atoms with Gasteiger partial charge in [-0.15, -0.1) is 0 Å². The molecule has 27 heavy (non-hydrogen) atoms. The Balaban J connectivity index is 1.75. The highest BCUT2D eigenvalue weighted by Crippen LogP contribution is 2.30. The normalized spacial score (nSPS) is 11.2. The third kappa shape index (κ3) is 3.94. The van der Waals surface area contributed by atoms with Gasteiger partial charge in [0.25, 0.3) is 11.6 Å². The number of halogens is 3. The van der Waals surface area contributed by atoms with Crippen LogP contribution in [0.5, 0.6) is 0 Å². The van der Waals surface area contributed by atoms with Crippen molar-refractivity contribution in [3.05, 3.63) is 82.2 Å². The van der Waals surface area contributed by atoms with E-state index in [1.54, 1.807) is 0 Å². The molecule has 1 heterocycles. The first-order valence-electron chi connectivity index (χ1n) is 7.53. The molecular weight excluding hydrogens is 365 g/mol. The fourth-order valence-corrected chi connectivity index (χ4v) is 2.35. The van der Waals surface area contributed by atoms with Gasteiger partial charge in [0, 0.05) is 23.4 Å². The molecule has 2 aromatic carbocycles. The van der Waals surface area contributed by atoms with Gasteiger partial charge >= 0.3 is 6.18 Å². The highest BCUT2D eigenvalue weighted by atomic mass is 19.4. The summed E-state index contributed by atoms with van der Waals surface area (Å²) in [7, 11) is 0. The lowest BCUT2D eigenvalue weighted by Gasteiger charge is -2.11. The van der Waals surface area contributed by atoms with E-state index >= 15 is 0 Å². The number of nitro groups is 1. The molecule has 0 atom stereocenters. The standard InChI is InChI=1S/C17H11F3N4O3/c18-17(19,20)15-9-10-21-23(15)13-7-3-12(4-8-13)22-16(25)11-1-5-14(6-2-11)24(26)27/h1-10H,(H,22,25). The molecule has 0 spiro atoms. The molecule has 0 aliphatic heterocycles. The number of hydrogen-bond donors (Lipinski definition) is 1. The number of benzene rings is 2. The number of aromatic nitrogens is 2. The summed E-state index contributed by atoms with van der Waals surface area (Å²) >= 11 is 0. The zero-order valence-corrected chi connectivity index (χ0v) is 13.5. The molecule has 0 aliphatic carbocycles. The molecule has 1 N–H and O–H groups in total. The smallest absolute Gasteiger partial charge is 0.322 e. The Morgan fingerprint density at radius 2 is 1.67 bits per heavy atom. The first-order chi connectivity index (χ1) is 12.8. The molecule has 0 unspecified atom stereocenters. The molecule has 0 aliphatic rings.